The number of carbonyl (C=O) groups excluding carboxylic acids is 2. The summed E-state index contributed by atoms with van der Waals surface area (Å²) in [4.78, 5) is 28.0. The zero-order valence-corrected chi connectivity index (χ0v) is 26.9. The van der Waals surface area contributed by atoms with Crippen molar-refractivity contribution in [2.45, 2.75) is 137 Å². The maximum absolute atomic E-state index is 12.9. The van der Waals surface area contributed by atoms with E-state index in [1.807, 2.05) is 31.7 Å². The highest BCUT2D eigenvalue weighted by atomic mass is 16.5. The second kappa shape index (κ2) is 19.5. The van der Waals surface area contributed by atoms with Gasteiger partial charge in [0, 0.05) is 29.9 Å². The first-order valence-corrected chi connectivity index (χ1v) is 15.7. The molecule has 41 heavy (non-hydrogen) atoms. The van der Waals surface area contributed by atoms with Crippen molar-refractivity contribution in [2.75, 3.05) is 13.1 Å². The van der Waals surface area contributed by atoms with Crippen LogP contribution in [0.3, 0.4) is 0 Å². The smallest absolute Gasteiger partial charge is 0.270 e. The van der Waals surface area contributed by atoms with Crippen LogP contribution in [-0.2, 0) is 9.59 Å². The van der Waals surface area contributed by atoms with E-state index in [1.165, 1.54) is 38.2 Å². The first-order valence-electron chi connectivity index (χ1n) is 15.7. The van der Waals surface area contributed by atoms with Gasteiger partial charge in [-0.1, -0.05) is 51.3 Å². The number of amides is 1. The van der Waals surface area contributed by atoms with E-state index in [1.54, 1.807) is 0 Å². The van der Waals surface area contributed by atoms with Crippen molar-refractivity contribution in [1.29, 1.82) is 0 Å². The number of nitrogens with two attached hydrogens (primary N) is 1. The first kappa shape index (κ1) is 36.4. The lowest BCUT2D eigenvalue weighted by Gasteiger charge is -2.44. The zero-order chi connectivity index (χ0) is 30.8. The van der Waals surface area contributed by atoms with E-state index in [9.17, 15) is 9.90 Å². The van der Waals surface area contributed by atoms with Gasteiger partial charge in [-0.05, 0) is 97.6 Å². The molecule has 0 radical (unpaired) electrons. The van der Waals surface area contributed by atoms with Crippen molar-refractivity contribution >= 4 is 17.9 Å². The molecule has 2 unspecified atom stereocenters. The van der Waals surface area contributed by atoms with Crippen molar-refractivity contribution in [3.05, 3.63) is 41.1 Å². The van der Waals surface area contributed by atoms with Crippen LogP contribution in [0.1, 0.15) is 118 Å². The Kier molecular flexibility index (Phi) is 17.2. The topological polar surface area (TPSA) is 105 Å². The van der Waals surface area contributed by atoms with Crippen LogP contribution in [0.25, 0.3) is 0 Å². The van der Waals surface area contributed by atoms with Gasteiger partial charge in [0.2, 0.25) is 0 Å². The Hall–Kier alpha value is -2.67. The van der Waals surface area contributed by atoms with Gasteiger partial charge < -0.3 is 25.3 Å². The molecule has 0 aromatic heterocycles. The fourth-order valence-electron chi connectivity index (χ4n) is 5.45. The third-order valence-corrected chi connectivity index (χ3v) is 7.62. The lowest BCUT2D eigenvalue weighted by Crippen LogP contribution is -2.55. The molecule has 2 atom stereocenters. The summed E-state index contributed by atoms with van der Waals surface area (Å²) >= 11 is 0. The molecule has 1 aliphatic heterocycles. The Labute approximate surface area is 249 Å². The maximum Gasteiger partial charge on any atom is 0.270 e. The second-order valence-electron chi connectivity index (χ2n) is 11.6. The van der Waals surface area contributed by atoms with Crippen LogP contribution in [-0.4, -0.2) is 58.7 Å². The third kappa shape index (κ3) is 12.4. The molecule has 1 saturated heterocycles. The number of aldehydes is 1. The fraction of sp³-hybridized carbons (Fsp3) is 0.676. The van der Waals surface area contributed by atoms with E-state index < -0.39 is 0 Å². The molecule has 3 N–H and O–H groups in total. The number of rotatable bonds is 9. The molecule has 1 aromatic carbocycles. The first-order chi connectivity index (χ1) is 19.6. The lowest BCUT2D eigenvalue weighted by atomic mass is 9.87. The van der Waals surface area contributed by atoms with Crippen molar-refractivity contribution < 1.29 is 19.4 Å². The molecule has 7 nitrogen and oxygen atoms in total. The number of piperidine rings is 1. The van der Waals surface area contributed by atoms with Crippen LogP contribution in [0.5, 0.6) is 5.75 Å². The molecule has 7 heteroatoms. The van der Waals surface area contributed by atoms with E-state index in [0.717, 1.165) is 62.0 Å². The number of nitrogens with zero attached hydrogens (tertiary/aromatic N) is 2. The van der Waals surface area contributed by atoms with Crippen molar-refractivity contribution in [3.8, 4) is 5.75 Å². The summed E-state index contributed by atoms with van der Waals surface area (Å²) in [7, 11) is 0. The minimum absolute atomic E-state index is 0.0994. The van der Waals surface area contributed by atoms with E-state index in [0.29, 0.717) is 31.2 Å². The number of allylic oxidation sites excluding steroid dienone is 1. The fourth-order valence-corrected chi connectivity index (χ4v) is 5.45. The van der Waals surface area contributed by atoms with Crippen molar-refractivity contribution in [3.63, 3.8) is 0 Å². The number of benzene rings is 1. The molecule has 0 bridgehead atoms. The third-order valence-electron chi connectivity index (χ3n) is 7.62. The van der Waals surface area contributed by atoms with E-state index in [2.05, 4.69) is 44.0 Å². The summed E-state index contributed by atoms with van der Waals surface area (Å²) in [6.07, 6.45) is 12.0. The number of aliphatic hydroxyl groups excluding tert-OH is 1. The number of ether oxygens (including phenoxy) is 1. The molecule has 1 saturated carbocycles. The van der Waals surface area contributed by atoms with Crippen LogP contribution in [0.2, 0.25) is 0 Å². The average Bonchev–Trinajstić information content (AvgIpc) is 2.93. The van der Waals surface area contributed by atoms with Crippen molar-refractivity contribution in [1.82, 2.24) is 4.90 Å². The van der Waals surface area contributed by atoms with Gasteiger partial charge in [0.05, 0.1) is 12.2 Å². The summed E-state index contributed by atoms with van der Waals surface area (Å²) in [5.74, 6) is 0.953. The number of unbranched alkanes of at least 4 members (excludes halogenated alkanes) is 1. The van der Waals surface area contributed by atoms with Crippen LogP contribution >= 0.6 is 0 Å². The van der Waals surface area contributed by atoms with Crippen molar-refractivity contribution in [2.24, 2.45) is 10.7 Å². The summed E-state index contributed by atoms with van der Waals surface area (Å²) in [5.41, 5.74) is 9.43. The molecule has 232 valence electrons. The second-order valence-corrected chi connectivity index (χ2v) is 11.6. The molecular formula is C34H57N3O4. The molecule has 2 fully saturated rings. The Bertz CT molecular complexity index is 986. The quantitative estimate of drug-likeness (QED) is 0.247. The molecule has 3 rings (SSSR count). The molecule has 2 aliphatic rings. The number of carbonyl (C=O) groups is 2. The largest absolute Gasteiger partial charge is 0.490 e. The predicted octanol–water partition coefficient (Wildman–Crippen LogP) is 6.93. The van der Waals surface area contributed by atoms with Gasteiger partial charge >= 0.3 is 0 Å². The van der Waals surface area contributed by atoms with Crippen LogP contribution in [0, 0.1) is 6.92 Å². The average molecular weight is 572 g/mol. The normalized spacial score (nSPS) is 21.0. The van der Waals surface area contributed by atoms with Crippen LogP contribution in [0.15, 0.2) is 40.5 Å². The molecular weight excluding hydrogens is 514 g/mol. The number of hydrogen-bond acceptors (Lipinski definition) is 6. The van der Waals surface area contributed by atoms with Gasteiger partial charge in [-0.2, -0.15) is 0 Å². The molecule has 1 aromatic rings. The number of para-hydroxylation sites is 1. The Morgan fingerprint density at radius 3 is 2.41 bits per heavy atom. The molecule has 1 amide bonds. The predicted molar refractivity (Wildman–Crippen MR) is 170 cm³/mol. The summed E-state index contributed by atoms with van der Waals surface area (Å²) in [6.45, 7) is 15.3. The van der Waals surface area contributed by atoms with Gasteiger partial charge in [0.1, 0.15) is 17.7 Å². The Morgan fingerprint density at radius 2 is 1.83 bits per heavy atom. The summed E-state index contributed by atoms with van der Waals surface area (Å²) in [5, 5.41) is 9.84. The van der Waals surface area contributed by atoms with E-state index >= 15 is 0 Å². The SMILES string of the molecule is CC=O.CCCCC(CCC)Oc1ccccc1C.CCN=C1CCCC/C1=C(/N)C(=O)N1CCC(O)CC1(C)C. The van der Waals surface area contributed by atoms with Gasteiger partial charge in [-0.25, -0.2) is 0 Å². The highest BCUT2D eigenvalue weighted by Crippen LogP contribution is 2.30. The summed E-state index contributed by atoms with van der Waals surface area (Å²) < 4.78 is 6.09. The number of aryl methyl sites for hydroxylation is 1. The minimum Gasteiger partial charge on any atom is -0.490 e. The van der Waals surface area contributed by atoms with Gasteiger partial charge in [-0.15, -0.1) is 0 Å². The number of aliphatic hydroxyl groups is 1. The Balaban J connectivity index is 0.000000390. The summed E-state index contributed by atoms with van der Waals surface area (Å²) in [6, 6.07) is 8.29. The van der Waals surface area contributed by atoms with Gasteiger partial charge in [0.25, 0.3) is 5.91 Å². The van der Waals surface area contributed by atoms with Gasteiger partial charge in [0.15, 0.2) is 0 Å². The maximum atomic E-state index is 12.9. The minimum atomic E-state index is -0.364. The monoisotopic (exact) mass is 571 g/mol. The molecule has 1 heterocycles. The van der Waals surface area contributed by atoms with Gasteiger partial charge in [-0.3, -0.25) is 9.79 Å². The highest BCUT2D eigenvalue weighted by molar-refractivity contribution is 6.08. The van der Waals surface area contributed by atoms with E-state index in [-0.39, 0.29) is 17.6 Å². The number of aliphatic imine (C=N–C) groups is 1. The lowest BCUT2D eigenvalue weighted by molar-refractivity contribution is -0.137. The number of likely N-dealkylation sites (tertiary alicyclic amines) is 1. The Morgan fingerprint density at radius 1 is 1.17 bits per heavy atom. The van der Waals surface area contributed by atoms with E-state index in [4.69, 9.17) is 15.3 Å². The highest BCUT2D eigenvalue weighted by Gasteiger charge is 2.38. The van der Waals surface area contributed by atoms with Crippen LogP contribution < -0.4 is 10.5 Å². The van der Waals surface area contributed by atoms with Crippen LogP contribution in [0.4, 0.5) is 0 Å². The number of hydrogen-bond donors (Lipinski definition) is 2. The standard InChI is InChI=1S/C17H29N3O2.C15H24O.C2H4O/c1-4-19-14-8-6-5-7-13(14)15(18)16(22)20-10-9-12(21)11-17(20,2)3;1-4-6-11-14(9-5-2)16-15-12-8-7-10-13(15)3;1-2-3/h12,21H,4-11,18H2,1-3H3;7-8,10,12,14H,4-6,9,11H2,1-3H3;2H,1H3/b15-13-,19-14?;;. The molecule has 0 spiro atoms. The molecule has 1 aliphatic carbocycles. The zero-order valence-electron chi connectivity index (χ0n) is 26.9.